The number of hydrogen-bond acceptors (Lipinski definition) is 5. The van der Waals surface area contributed by atoms with Crippen molar-refractivity contribution in [2.75, 3.05) is 19.5 Å². The van der Waals surface area contributed by atoms with Crippen LogP contribution in [0, 0.1) is 0 Å². The summed E-state index contributed by atoms with van der Waals surface area (Å²) >= 11 is 0. The van der Waals surface area contributed by atoms with Gasteiger partial charge >= 0.3 is 0 Å². The summed E-state index contributed by atoms with van der Waals surface area (Å²) < 4.78 is 10.6. The Morgan fingerprint density at radius 2 is 1.80 bits per heavy atom. The predicted octanol–water partition coefficient (Wildman–Crippen LogP) is 2.90. The fourth-order valence-electron chi connectivity index (χ4n) is 3.49. The number of methoxy groups -OCH3 is 2. The Morgan fingerprint density at radius 3 is 2.47 bits per heavy atom. The van der Waals surface area contributed by atoms with Crippen molar-refractivity contribution in [3.8, 4) is 5.75 Å². The minimum Gasteiger partial charge on any atom is -0.497 e. The van der Waals surface area contributed by atoms with E-state index in [-0.39, 0.29) is 11.8 Å². The average molecular weight is 406 g/mol. The van der Waals surface area contributed by atoms with Crippen LogP contribution in [0.2, 0.25) is 0 Å². The van der Waals surface area contributed by atoms with Crippen molar-refractivity contribution in [3.05, 3.63) is 77.0 Å². The molecule has 1 atom stereocenters. The van der Waals surface area contributed by atoms with Gasteiger partial charge in [0.2, 0.25) is 0 Å². The average Bonchev–Trinajstić information content (AvgIpc) is 3.37. The van der Waals surface area contributed by atoms with Crippen LogP contribution >= 0.6 is 0 Å². The first-order valence-electron chi connectivity index (χ1n) is 9.48. The van der Waals surface area contributed by atoms with Gasteiger partial charge in [-0.15, -0.1) is 0 Å². The topological polar surface area (TPSA) is 96.5 Å². The minimum absolute atomic E-state index is 0.138. The molecule has 0 aliphatic carbocycles. The summed E-state index contributed by atoms with van der Waals surface area (Å²) in [6.45, 7) is 0.724. The minimum atomic E-state index is -0.680. The van der Waals surface area contributed by atoms with E-state index in [1.807, 2.05) is 30.3 Å². The third kappa shape index (κ3) is 3.77. The van der Waals surface area contributed by atoms with Crippen LogP contribution in [0.4, 0.5) is 5.82 Å². The molecular formula is C22H22N4O4. The lowest BCUT2D eigenvalue weighted by molar-refractivity contribution is -0.143. The lowest BCUT2D eigenvalue weighted by Crippen LogP contribution is -2.32. The Morgan fingerprint density at radius 1 is 1.07 bits per heavy atom. The van der Waals surface area contributed by atoms with E-state index in [9.17, 15) is 9.59 Å². The Kier molecular flexibility index (Phi) is 5.49. The first-order chi connectivity index (χ1) is 14.6. The molecule has 8 heteroatoms. The highest BCUT2D eigenvalue weighted by Gasteiger charge is 2.33. The first-order valence-corrected chi connectivity index (χ1v) is 9.48. The van der Waals surface area contributed by atoms with Crippen molar-refractivity contribution in [3.63, 3.8) is 0 Å². The number of hydrogen-bond donors (Lipinski definition) is 2. The summed E-state index contributed by atoms with van der Waals surface area (Å²) in [7, 11) is 3.09. The molecule has 1 aromatic heterocycles. The molecule has 1 aliphatic rings. The quantitative estimate of drug-likeness (QED) is 0.656. The van der Waals surface area contributed by atoms with Crippen LogP contribution in [0.15, 0.2) is 54.6 Å². The van der Waals surface area contributed by atoms with Gasteiger partial charge in [0, 0.05) is 18.2 Å². The highest BCUT2D eigenvalue weighted by Crippen LogP contribution is 2.30. The molecule has 0 unspecified atom stereocenters. The molecule has 0 saturated heterocycles. The highest BCUT2D eigenvalue weighted by molar-refractivity contribution is 6.04. The van der Waals surface area contributed by atoms with Gasteiger partial charge in [0.25, 0.3) is 11.8 Å². The predicted molar refractivity (Wildman–Crippen MR) is 110 cm³/mol. The number of nitrogens with one attached hydrogen (secondary N) is 2. The Balaban J connectivity index is 1.46. The molecular weight excluding hydrogens is 384 g/mol. The number of rotatable bonds is 6. The van der Waals surface area contributed by atoms with Crippen LogP contribution in [-0.2, 0) is 22.6 Å². The number of ether oxygens (including phenoxy) is 2. The molecule has 0 bridgehead atoms. The molecule has 30 heavy (non-hydrogen) atoms. The van der Waals surface area contributed by atoms with Crippen molar-refractivity contribution in [2.45, 2.75) is 19.2 Å². The molecule has 2 heterocycles. The molecule has 2 aromatic carbocycles. The van der Waals surface area contributed by atoms with Gasteiger partial charge in [-0.1, -0.05) is 30.3 Å². The van der Waals surface area contributed by atoms with E-state index >= 15 is 0 Å². The molecule has 8 nitrogen and oxygen atoms in total. The summed E-state index contributed by atoms with van der Waals surface area (Å²) in [5, 5.41) is 9.95. The Hall–Kier alpha value is -3.65. The summed E-state index contributed by atoms with van der Waals surface area (Å²) in [4.78, 5) is 27.3. The zero-order valence-electron chi connectivity index (χ0n) is 16.7. The van der Waals surface area contributed by atoms with E-state index in [4.69, 9.17) is 9.47 Å². The number of H-pyrrole nitrogens is 1. The number of carbonyl (C=O) groups is 2. The molecule has 0 spiro atoms. The second-order valence-corrected chi connectivity index (χ2v) is 6.93. The first kappa shape index (κ1) is 19.7. The number of carbonyl (C=O) groups excluding carboxylic acids is 2. The molecule has 3 aromatic rings. The van der Waals surface area contributed by atoms with Gasteiger partial charge in [0.1, 0.15) is 5.75 Å². The molecule has 1 aliphatic heterocycles. The van der Waals surface area contributed by atoms with Crippen LogP contribution < -0.4 is 10.1 Å². The van der Waals surface area contributed by atoms with Gasteiger partial charge in [-0.05, 0) is 29.8 Å². The van der Waals surface area contributed by atoms with Gasteiger partial charge in [0.05, 0.1) is 25.9 Å². The smallest absolute Gasteiger partial charge is 0.256 e. The second-order valence-electron chi connectivity index (χ2n) is 6.93. The molecule has 154 valence electrons. The highest BCUT2D eigenvalue weighted by atomic mass is 16.5. The second kappa shape index (κ2) is 8.38. The van der Waals surface area contributed by atoms with Gasteiger partial charge in [-0.25, -0.2) is 0 Å². The van der Waals surface area contributed by atoms with Gasteiger partial charge in [-0.2, -0.15) is 5.10 Å². The largest absolute Gasteiger partial charge is 0.497 e. The summed E-state index contributed by atoms with van der Waals surface area (Å²) in [6, 6.07) is 16.2. The van der Waals surface area contributed by atoms with E-state index in [1.165, 1.54) is 7.11 Å². The number of fused-ring (bicyclic) bond motifs is 1. The van der Waals surface area contributed by atoms with Crippen molar-refractivity contribution in [1.29, 1.82) is 0 Å². The number of aromatic nitrogens is 2. The Bertz CT molecular complexity index is 1050. The fraction of sp³-hybridized carbons (Fsp3) is 0.227. The normalized spacial score (nSPS) is 13.6. The number of anilines is 1. The monoisotopic (exact) mass is 406 g/mol. The fourth-order valence-corrected chi connectivity index (χ4v) is 3.49. The standard InChI is InChI=1S/C22H22N4O4/c1-29-16-10-8-15(9-11-16)21(27)23-20-17-12-26(13-18(17)24-25-20)22(28)19(30-2)14-6-4-3-5-7-14/h3-11,19H,12-13H2,1-2H3,(H2,23,24,25,27)/t19-/m0/s1. The number of nitrogens with zero attached hydrogens (tertiary/aromatic N) is 2. The van der Waals surface area contributed by atoms with E-state index in [2.05, 4.69) is 15.5 Å². The van der Waals surface area contributed by atoms with Gasteiger partial charge in [0.15, 0.2) is 11.9 Å². The van der Waals surface area contributed by atoms with Crippen LogP contribution in [0.1, 0.15) is 33.3 Å². The van der Waals surface area contributed by atoms with E-state index in [0.29, 0.717) is 30.2 Å². The third-order valence-electron chi connectivity index (χ3n) is 5.11. The molecule has 0 fully saturated rings. The van der Waals surface area contributed by atoms with Crippen molar-refractivity contribution >= 4 is 17.6 Å². The van der Waals surface area contributed by atoms with E-state index in [0.717, 1.165) is 16.8 Å². The summed E-state index contributed by atoms with van der Waals surface area (Å²) in [6.07, 6.45) is -0.680. The van der Waals surface area contributed by atoms with E-state index in [1.54, 1.807) is 36.3 Å². The third-order valence-corrected chi connectivity index (χ3v) is 5.11. The molecule has 2 amide bonds. The van der Waals surface area contributed by atoms with Gasteiger partial charge in [-0.3, -0.25) is 14.7 Å². The maximum absolute atomic E-state index is 13.0. The lowest BCUT2D eigenvalue weighted by Gasteiger charge is -2.22. The molecule has 2 N–H and O–H groups in total. The summed E-state index contributed by atoms with van der Waals surface area (Å²) in [5.41, 5.74) is 2.89. The molecule has 4 rings (SSSR count). The van der Waals surface area contributed by atoms with Crippen molar-refractivity contribution < 1.29 is 19.1 Å². The van der Waals surface area contributed by atoms with Crippen LogP contribution in [0.3, 0.4) is 0 Å². The lowest BCUT2D eigenvalue weighted by atomic mass is 10.1. The zero-order chi connectivity index (χ0) is 21.1. The molecule has 0 radical (unpaired) electrons. The number of amides is 2. The summed E-state index contributed by atoms with van der Waals surface area (Å²) in [5.74, 6) is 0.679. The number of benzene rings is 2. The van der Waals surface area contributed by atoms with Crippen LogP contribution in [-0.4, -0.2) is 41.1 Å². The SMILES string of the molecule is COc1ccc(C(=O)Nc2n[nH]c3c2CN(C(=O)[C@@H](OC)c2ccccc2)C3)cc1. The van der Waals surface area contributed by atoms with Crippen molar-refractivity contribution in [1.82, 2.24) is 15.1 Å². The Labute approximate surface area is 173 Å². The van der Waals surface area contributed by atoms with Gasteiger partial charge < -0.3 is 19.7 Å². The maximum Gasteiger partial charge on any atom is 0.256 e. The maximum atomic E-state index is 13.0. The zero-order valence-corrected chi connectivity index (χ0v) is 16.7. The number of aromatic amines is 1. The van der Waals surface area contributed by atoms with E-state index < -0.39 is 6.10 Å². The van der Waals surface area contributed by atoms with Crippen LogP contribution in [0.5, 0.6) is 5.75 Å². The molecule has 0 saturated carbocycles. The van der Waals surface area contributed by atoms with Crippen LogP contribution in [0.25, 0.3) is 0 Å². The van der Waals surface area contributed by atoms with Crippen molar-refractivity contribution in [2.24, 2.45) is 0 Å².